The molecule has 3 rings (SSSR count). The second-order valence-corrected chi connectivity index (χ2v) is 7.65. The molecule has 162 valence electrons. The van der Waals surface area contributed by atoms with Crippen LogP contribution in [-0.2, 0) is 17.8 Å². The smallest absolute Gasteiger partial charge is 0.252 e. The van der Waals surface area contributed by atoms with Crippen molar-refractivity contribution in [3.8, 4) is 0 Å². The number of fused-ring (bicyclic) bond motifs is 1. The molecule has 0 aliphatic carbocycles. The van der Waals surface area contributed by atoms with Crippen molar-refractivity contribution in [2.24, 2.45) is 0 Å². The summed E-state index contributed by atoms with van der Waals surface area (Å²) in [5.74, 6) is 0.703. The molecule has 2 heterocycles. The van der Waals surface area contributed by atoms with Gasteiger partial charge in [0.1, 0.15) is 0 Å². The quantitative estimate of drug-likeness (QED) is 0.520. The second kappa shape index (κ2) is 9.92. The third-order valence-electron chi connectivity index (χ3n) is 5.34. The van der Waals surface area contributed by atoms with Crippen LogP contribution in [0.15, 0.2) is 23.0 Å². The number of nitrogens with one attached hydrogen (secondary N) is 1. The highest BCUT2D eigenvalue weighted by Gasteiger charge is 2.23. The molecule has 1 aromatic carbocycles. The Kier molecular flexibility index (Phi) is 7.30. The lowest BCUT2D eigenvalue weighted by Gasteiger charge is -2.28. The molecule has 0 saturated carbocycles. The molecule has 2 aromatic heterocycles. The molecule has 0 aliphatic rings. The van der Waals surface area contributed by atoms with Gasteiger partial charge in [0.15, 0.2) is 5.82 Å². The van der Waals surface area contributed by atoms with Crippen LogP contribution in [0, 0.1) is 13.8 Å². The van der Waals surface area contributed by atoms with Crippen molar-refractivity contribution < 1.29 is 9.84 Å². The van der Waals surface area contributed by atoms with Gasteiger partial charge >= 0.3 is 0 Å². The number of aryl methyl sites for hydroxylation is 2. The molecule has 0 fully saturated rings. The monoisotopic (exact) mass is 414 g/mol. The Morgan fingerprint density at radius 3 is 2.83 bits per heavy atom. The molecular weight excluding hydrogens is 384 g/mol. The summed E-state index contributed by atoms with van der Waals surface area (Å²) in [4.78, 5) is 18.0. The van der Waals surface area contributed by atoms with Crippen molar-refractivity contribution in [1.29, 1.82) is 0 Å². The highest BCUT2D eigenvalue weighted by atomic mass is 16.5. The largest absolute Gasteiger partial charge is 0.396 e. The van der Waals surface area contributed by atoms with Gasteiger partial charge in [0.2, 0.25) is 0 Å². The van der Waals surface area contributed by atoms with Crippen LogP contribution in [0.1, 0.15) is 41.9 Å². The first-order valence-corrected chi connectivity index (χ1v) is 10.2. The zero-order valence-electron chi connectivity index (χ0n) is 18.1. The molecule has 30 heavy (non-hydrogen) atoms. The molecule has 9 heteroatoms. The number of rotatable bonds is 10. The van der Waals surface area contributed by atoms with E-state index in [9.17, 15) is 9.90 Å². The normalized spacial score (nSPS) is 12.7. The Balaban J connectivity index is 1.92. The average molecular weight is 415 g/mol. The first-order chi connectivity index (χ1) is 14.4. The van der Waals surface area contributed by atoms with Gasteiger partial charge in [-0.05, 0) is 60.7 Å². The van der Waals surface area contributed by atoms with E-state index in [2.05, 4.69) is 37.5 Å². The van der Waals surface area contributed by atoms with Crippen LogP contribution in [0.25, 0.3) is 10.9 Å². The van der Waals surface area contributed by atoms with Crippen molar-refractivity contribution in [2.45, 2.75) is 46.3 Å². The van der Waals surface area contributed by atoms with Gasteiger partial charge in [-0.15, -0.1) is 5.10 Å². The summed E-state index contributed by atoms with van der Waals surface area (Å²) >= 11 is 0. The number of aromatic amines is 1. The summed E-state index contributed by atoms with van der Waals surface area (Å²) < 4.78 is 6.86. The highest BCUT2D eigenvalue weighted by molar-refractivity contribution is 5.82. The number of aliphatic hydroxyl groups is 1. The molecule has 0 aliphatic heterocycles. The predicted octanol–water partition coefficient (Wildman–Crippen LogP) is 1.72. The van der Waals surface area contributed by atoms with E-state index >= 15 is 0 Å². The number of pyridine rings is 1. The predicted molar refractivity (Wildman–Crippen MR) is 114 cm³/mol. The summed E-state index contributed by atoms with van der Waals surface area (Å²) in [5, 5.41) is 22.4. The van der Waals surface area contributed by atoms with Gasteiger partial charge in [0, 0.05) is 32.4 Å². The topological polar surface area (TPSA) is 109 Å². The zero-order chi connectivity index (χ0) is 21.7. The highest BCUT2D eigenvalue weighted by Crippen LogP contribution is 2.22. The van der Waals surface area contributed by atoms with Gasteiger partial charge < -0.3 is 14.8 Å². The zero-order valence-corrected chi connectivity index (χ0v) is 18.1. The summed E-state index contributed by atoms with van der Waals surface area (Å²) in [6.45, 7) is 8.22. The molecule has 3 aromatic rings. The SMILES string of the molecule is COCCn1nnnc1[C@H](C)N(CCCO)Cc1cc2cc(C)cc(C)c2[nH]c1=O. The van der Waals surface area contributed by atoms with Crippen LogP contribution in [0.2, 0.25) is 0 Å². The van der Waals surface area contributed by atoms with Gasteiger partial charge in [-0.3, -0.25) is 9.69 Å². The van der Waals surface area contributed by atoms with Crippen molar-refractivity contribution in [3.63, 3.8) is 0 Å². The Hall–Kier alpha value is -2.62. The molecule has 9 nitrogen and oxygen atoms in total. The molecule has 0 radical (unpaired) electrons. The van der Waals surface area contributed by atoms with Gasteiger partial charge in [-0.25, -0.2) is 4.68 Å². The molecular formula is C21H30N6O3. The maximum Gasteiger partial charge on any atom is 0.252 e. The third kappa shape index (κ3) is 4.92. The van der Waals surface area contributed by atoms with Gasteiger partial charge in [-0.1, -0.05) is 11.6 Å². The number of nitrogens with zero attached hydrogens (tertiary/aromatic N) is 5. The Morgan fingerprint density at radius 2 is 2.10 bits per heavy atom. The van der Waals surface area contributed by atoms with E-state index in [1.807, 2.05) is 26.8 Å². The van der Waals surface area contributed by atoms with E-state index in [1.54, 1.807) is 11.8 Å². The van der Waals surface area contributed by atoms with E-state index in [1.165, 1.54) is 0 Å². The fraction of sp³-hybridized carbons (Fsp3) is 0.524. The van der Waals surface area contributed by atoms with Crippen molar-refractivity contribution in [1.82, 2.24) is 30.1 Å². The number of methoxy groups -OCH3 is 1. The number of H-pyrrole nitrogens is 1. The minimum absolute atomic E-state index is 0.0737. The maximum atomic E-state index is 12.8. The van der Waals surface area contributed by atoms with Crippen molar-refractivity contribution in [2.75, 3.05) is 26.9 Å². The fourth-order valence-electron chi connectivity index (χ4n) is 3.76. The Labute approximate surface area is 175 Å². The van der Waals surface area contributed by atoms with Crippen molar-refractivity contribution in [3.05, 3.63) is 51.1 Å². The van der Waals surface area contributed by atoms with E-state index < -0.39 is 0 Å². The maximum absolute atomic E-state index is 12.8. The van der Waals surface area contributed by atoms with Crippen LogP contribution in [0.5, 0.6) is 0 Å². The molecule has 2 N–H and O–H groups in total. The van der Waals surface area contributed by atoms with Gasteiger partial charge in [0.05, 0.1) is 24.7 Å². The number of benzene rings is 1. The number of hydrogen-bond donors (Lipinski definition) is 2. The number of hydrogen-bond acceptors (Lipinski definition) is 7. The summed E-state index contributed by atoms with van der Waals surface area (Å²) in [5.41, 5.74) is 3.65. The third-order valence-corrected chi connectivity index (χ3v) is 5.34. The van der Waals surface area contributed by atoms with Crippen LogP contribution < -0.4 is 5.56 Å². The minimum Gasteiger partial charge on any atom is -0.396 e. The Morgan fingerprint density at radius 1 is 1.30 bits per heavy atom. The molecule has 0 unspecified atom stereocenters. The molecule has 0 amide bonds. The van der Waals surface area contributed by atoms with Crippen molar-refractivity contribution >= 4 is 10.9 Å². The fourth-order valence-corrected chi connectivity index (χ4v) is 3.76. The summed E-state index contributed by atoms with van der Waals surface area (Å²) in [6, 6.07) is 5.96. The summed E-state index contributed by atoms with van der Waals surface area (Å²) in [7, 11) is 1.64. The summed E-state index contributed by atoms with van der Waals surface area (Å²) in [6.07, 6.45) is 0.591. The first kappa shape index (κ1) is 22.1. The van der Waals surface area contributed by atoms with Gasteiger partial charge in [0.25, 0.3) is 5.56 Å². The van der Waals surface area contributed by atoms with Crippen LogP contribution >= 0.6 is 0 Å². The number of tetrazole rings is 1. The molecule has 0 bridgehead atoms. The first-order valence-electron chi connectivity index (χ1n) is 10.2. The number of ether oxygens (including phenoxy) is 1. The van der Waals surface area contributed by atoms with E-state index in [-0.39, 0.29) is 18.2 Å². The van der Waals surface area contributed by atoms with E-state index in [0.717, 1.165) is 22.0 Å². The lowest BCUT2D eigenvalue weighted by atomic mass is 10.0. The van der Waals surface area contributed by atoms with Gasteiger partial charge in [-0.2, -0.15) is 0 Å². The average Bonchev–Trinajstić information content (AvgIpc) is 3.18. The lowest BCUT2D eigenvalue weighted by molar-refractivity contribution is 0.156. The number of aliphatic hydroxyl groups excluding tert-OH is 1. The van der Waals surface area contributed by atoms with Crippen LogP contribution in [0.3, 0.4) is 0 Å². The molecule has 0 spiro atoms. The standard InChI is InChI=1S/C21H30N6O3/c1-14-10-15(2)19-17(11-14)12-18(21(29)22-19)13-26(6-5-8-28)16(3)20-23-24-25-27(20)7-9-30-4/h10-12,16,28H,5-9,13H2,1-4H3,(H,22,29)/t16-/m0/s1. The lowest BCUT2D eigenvalue weighted by Crippen LogP contribution is -2.32. The van der Waals surface area contributed by atoms with Crippen LogP contribution in [0.4, 0.5) is 0 Å². The minimum atomic E-state index is -0.141. The Bertz CT molecular complexity index is 1040. The number of aromatic nitrogens is 5. The second-order valence-electron chi connectivity index (χ2n) is 7.65. The van der Waals surface area contributed by atoms with E-state index in [0.29, 0.717) is 44.0 Å². The van der Waals surface area contributed by atoms with Crippen LogP contribution in [-0.4, -0.2) is 62.1 Å². The molecule has 1 atom stereocenters. The molecule has 0 saturated heterocycles. The van der Waals surface area contributed by atoms with E-state index in [4.69, 9.17) is 4.74 Å².